The molecule has 0 unspecified atom stereocenters. The topological polar surface area (TPSA) is 35.5 Å². The first-order valence-electron chi connectivity index (χ1n) is 12.4. The maximum Gasteiger partial charge on any atom is 0.340 e. The number of benzene rings is 2. The van der Waals surface area contributed by atoms with Crippen molar-refractivity contribution in [2.24, 2.45) is 0 Å². The molecule has 1 aliphatic carbocycles. The van der Waals surface area contributed by atoms with Crippen LogP contribution in [0, 0.1) is 5.82 Å². The number of esters is 1. The Hall–Kier alpha value is -2.43. The van der Waals surface area contributed by atoms with Crippen LogP contribution >= 0.6 is 0 Å². The van der Waals surface area contributed by atoms with Crippen molar-refractivity contribution in [1.29, 1.82) is 0 Å². The molecule has 0 amide bonds. The summed E-state index contributed by atoms with van der Waals surface area (Å²) in [7, 11) is 0. The number of alkyl halides is 1. The Morgan fingerprint density at radius 2 is 1.64 bits per heavy atom. The molecule has 0 spiro atoms. The van der Waals surface area contributed by atoms with Gasteiger partial charge in [-0.05, 0) is 73.3 Å². The maximum atomic E-state index is 14.4. The fraction of sp³-hybridized carbons (Fsp3) is 0.536. The van der Waals surface area contributed by atoms with Gasteiger partial charge >= 0.3 is 5.97 Å². The zero-order valence-corrected chi connectivity index (χ0v) is 19.8. The largest absolute Gasteiger partial charge is 0.491 e. The molecule has 5 heteroatoms. The van der Waals surface area contributed by atoms with Crippen molar-refractivity contribution in [3.05, 3.63) is 53.8 Å². The molecule has 3 rings (SSSR count). The van der Waals surface area contributed by atoms with Crippen molar-refractivity contribution in [1.82, 2.24) is 0 Å². The highest BCUT2D eigenvalue weighted by Gasteiger charge is 2.27. The molecule has 1 aliphatic rings. The molecular weight excluding hydrogens is 422 g/mol. The molecule has 0 radical (unpaired) electrons. The van der Waals surface area contributed by atoms with Crippen molar-refractivity contribution in [2.45, 2.75) is 89.8 Å². The van der Waals surface area contributed by atoms with E-state index in [-0.39, 0.29) is 18.3 Å². The van der Waals surface area contributed by atoms with Crippen LogP contribution in [0.25, 0.3) is 11.1 Å². The zero-order valence-electron chi connectivity index (χ0n) is 19.8. The molecule has 0 aliphatic heterocycles. The lowest BCUT2D eigenvalue weighted by Crippen LogP contribution is -2.28. The van der Waals surface area contributed by atoms with Crippen LogP contribution in [0.4, 0.5) is 8.78 Å². The van der Waals surface area contributed by atoms with E-state index in [1.807, 2.05) is 25.1 Å². The van der Waals surface area contributed by atoms with Crippen LogP contribution in [0.3, 0.4) is 0 Å². The molecule has 33 heavy (non-hydrogen) atoms. The van der Waals surface area contributed by atoms with Gasteiger partial charge in [-0.1, -0.05) is 63.4 Å². The quantitative estimate of drug-likeness (QED) is 0.255. The monoisotopic (exact) mass is 458 g/mol. The highest BCUT2D eigenvalue weighted by atomic mass is 19.1. The molecule has 0 bridgehead atoms. The Morgan fingerprint density at radius 1 is 0.970 bits per heavy atom. The summed E-state index contributed by atoms with van der Waals surface area (Å²) < 4.78 is 39.2. The molecule has 0 heterocycles. The highest BCUT2D eigenvalue weighted by molar-refractivity contribution is 5.74. The molecule has 0 aromatic heterocycles. The lowest BCUT2D eigenvalue weighted by atomic mass is 9.82. The van der Waals surface area contributed by atoms with Crippen LogP contribution in [-0.2, 0) is 9.53 Å². The van der Waals surface area contributed by atoms with Gasteiger partial charge in [-0.25, -0.2) is 13.6 Å². The first kappa shape index (κ1) is 25.2. The van der Waals surface area contributed by atoms with Gasteiger partial charge < -0.3 is 9.47 Å². The molecule has 2 aromatic carbocycles. The lowest BCUT2D eigenvalue weighted by molar-refractivity contribution is -0.157. The molecular formula is C28H36F2O3. The molecule has 1 atom stereocenters. The first-order valence-corrected chi connectivity index (χ1v) is 12.4. The van der Waals surface area contributed by atoms with E-state index in [0.29, 0.717) is 24.7 Å². The first-order chi connectivity index (χ1) is 16.0. The fourth-order valence-electron chi connectivity index (χ4n) is 4.32. The molecule has 1 fully saturated rings. The van der Waals surface area contributed by atoms with Crippen LogP contribution in [-0.4, -0.2) is 24.9 Å². The number of unbranched alkanes of at least 4 members (excludes halogenated alkanes) is 2. The predicted octanol–water partition coefficient (Wildman–Crippen LogP) is 7.77. The third-order valence-corrected chi connectivity index (χ3v) is 6.43. The SMILES string of the molecule is CCCCOc1ccc(-c2ccc(C3CCC(OC(=O)[C@@H](F)CCCC)CC3)cc2)cc1F. The number of hydrogen-bond donors (Lipinski definition) is 0. The minimum Gasteiger partial charge on any atom is -0.491 e. The smallest absolute Gasteiger partial charge is 0.340 e. The summed E-state index contributed by atoms with van der Waals surface area (Å²) in [5.41, 5.74) is 3.01. The van der Waals surface area contributed by atoms with E-state index in [4.69, 9.17) is 9.47 Å². The number of rotatable bonds is 11. The van der Waals surface area contributed by atoms with E-state index in [9.17, 15) is 13.6 Å². The van der Waals surface area contributed by atoms with Gasteiger partial charge in [-0.2, -0.15) is 0 Å². The third-order valence-electron chi connectivity index (χ3n) is 6.43. The lowest BCUT2D eigenvalue weighted by Gasteiger charge is -2.29. The number of carbonyl (C=O) groups is 1. The van der Waals surface area contributed by atoms with Crippen LogP contribution in [0.5, 0.6) is 5.75 Å². The van der Waals surface area contributed by atoms with E-state index < -0.39 is 12.1 Å². The van der Waals surface area contributed by atoms with Crippen LogP contribution in [0.15, 0.2) is 42.5 Å². The number of halogens is 2. The molecule has 1 saturated carbocycles. The summed E-state index contributed by atoms with van der Waals surface area (Å²) in [6.07, 6.45) is 5.35. The van der Waals surface area contributed by atoms with Crippen LogP contribution in [0.1, 0.15) is 83.1 Å². The average Bonchev–Trinajstić information content (AvgIpc) is 2.84. The minimum atomic E-state index is -1.50. The third kappa shape index (κ3) is 7.28. The average molecular weight is 459 g/mol. The number of hydrogen-bond acceptors (Lipinski definition) is 3. The summed E-state index contributed by atoms with van der Waals surface area (Å²) in [5.74, 6) is -0.358. The van der Waals surface area contributed by atoms with Crippen molar-refractivity contribution in [2.75, 3.05) is 6.61 Å². The molecule has 180 valence electrons. The molecule has 3 nitrogen and oxygen atoms in total. The second kappa shape index (κ2) is 12.7. The standard InChI is InChI=1S/C28H36F2O3/c1-3-5-7-25(29)28(31)33-24-15-12-21(13-16-24)20-8-10-22(11-9-20)23-14-17-27(26(30)19-23)32-18-6-4-2/h8-11,14,17,19,21,24-25H,3-7,12-13,15-16,18H2,1-2H3/t21?,24?,25-/m0/s1. The highest BCUT2D eigenvalue weighted by Crippen LogP contribution is 2.35. The summed E-state index contributed by atoms with van der Waals surface area (Å²) in [4.78, 5) is 11.9. The Bertz CT molecular complexity index is 873. The van der Waals surface area contributed by atoms with Crippen molar-refractivity contribution in [3.8, 4) is 16.9 Å². The second-order valence-electron chi connectivity index (χ2n) is 8.99. The number of ether oxygens (including phenoxy) is 2. The van der Waals surface area contributed by atoms with Gasteiger partial charge in [0.05, 0.1) is 6.61 Å². The molecule has 0 saturated heterocycles. The zero-order chi connectivity index (χ0) is 23.6. The van der Waals surface area contributed by atoms with Crippen molar-refractivity contribution >= 4 is 5.97 Å². The van der Waals surface area contributed by atoms with Gasteiger partial charge in [0, 0.05) is 0 Å². The Labute approximate surface area is 196 Å². The van der Waals surface area contributed by atoms with Crippen LogP contribution in [0.2, 0.25) is 0 Å². The van der Waals surface area contributed by atoms with Crippen molar-refractivity contribution < 1.29 is 23.0 Å². The van der Waals surface area contributed by atoms with Gasteiger partial charge in [0.25, 0.3) is 0 Å². The Kier molecular flexibility index (Phi) is 9.71. The van der Waals surface area contributed by atoms with E-state index in [0.717, 1.165) is 56.1 Å². The fourth-order valence-corrected chi connectivity index (χ4v) is 4.32. The van der Waals surface area contributed by atoms with E-state index in [1.54, 1.807) is 6.07 Å². The minimum absolute atomic E-state index is 0.186. The predicted molar refractivity (Wildman–Crippen MR) is 128 cm³/mol. The summed E-state index contributed by atoms with van der Waals surface area (Å²) in [6.45, 7) is 4.57. The Morgan fingerprint density at radius 3 is 2.27 bits per heavy atom. The Balaban J connectivity index is 1.52. The van der Waals surface area contributed by atoms with Crippen molar-refractivity contribution in [3.63, 3.8) is 0 Å². The summed E-state index contributed by atoms with van der Waals surface area (Å²) in [5, 5.41) is 0. The summed E-state index contributed by atoms with van der Waals surface area (Å²) >= 11 is 0. The van der Waals surface area contributed by atoms with Gasteiger partial charge in [0.1, 0.15) is 6.10 Å². The van der Waals surface area contributed by atoms with Gasteiger partial charge in [-0.15, -0.1) is 0 Å². The molecule has 2 aromatic rings. The van der Waals surface area contributed by atoms with Crippen LogP contribution < -0.4 is 4.74 Å². The van der Waals surface area contributed by atoms with E-state index in [2.05, 4.69) is 19.1 Å². The van der Waals surface area contributed by atoms with E-state index in [1.165, 1.54) is 11.6 Å². The maximum absolute atomic E-state index is 14.4. The number of carbonyl (C=O) groups excluding carboxylic acids is 1. The van der Waals surface area contributed by atoms with Gasteiger partial charge in [0.15, 0.2) is 17.7 Å². The summed E-state index contributed by atoms with van der Waals surface area (Å²) in [6, 6.07) is 13.3. The van der Waals surface area contributed by atoms with Gasteiger partial charge in [0.2, 0.25) is 0 Å². The normalized spacial score (nSPS) is 19.2. The van der Waals surface area contributed by atoms with E-state index >= 15 is 0 Å². The van der Waals surface area contributed by atoms with Gasteiger partial charge in [-0.3, -0.25) is 0 Å². The molecule has 0 N–H and O–H groups in total. The second-order valence-corrected chi connectivity index (χ2v) is 8.99.